The van der Waals surface area contributed by atoms with Crippen LogP contribution in [0.5, 0.6) is 0 Å². The van der Waals surface area contributed by atoms with E-state index in [-0.39, 0.29) is 36.1 Å². The van der Waals surface area contributed by atoms with Crippen LogP contribution in [0.4, 0.5) is 0 Å². The van der Waals surface area contributed by atoms with E-state index in [1.807, 2.05) is 13.8 Å². The summed E-state index contributed by atoms with van der Waals surface area (Å²) in [7, 11) is 0. The van der Waals surface area contributed by atoms with Crippen molar-refractivity contribution in [2.24, 2.45) is 5.92 Å². The van der Waals surface area contributed by atoms with Gasteiger partial charge >= 0.3 is 0 Å². The van der Waals surface area contributed by atoms with Crippen LogP contribution in [-0.2, 0) is 11.4 Å². The van der Waals surface area contributed by atoms with Crippen molar-refractivity contribution in [3.8, 4) is 0 Å². The molecule has 1 aromatic heterocycles. The number of nitrogens with one attached hydrogen (secondary N) is 1. The highest BCUT2D eigenvalue weighted by Crippen LogP contribution is 2.14. The summed E-state index contributed by atoms with van der Waals surface area (Å²) in [6, 6.07) is 3.06. The highest BCUT2D eigenvalue weighted by Gasteiger charge is 2.26. The number of nitrogens with zero attached hydrogens (tertiary/aromatic N) is 1. The Bertz CT molecular complexity index is 510. The van der Waals surface area contributed by atoms with Crippen LogP contribution in [0.15, 0.2) is 16.5 Å². The summed E-state index contributed by atoms with van der Waals surface area (Å²) in [5, 5.41) is 11.8. The molecule has 2 amide bonds. The molecule has 1 aromatic rings. The molecule has 1 saturated heterocycles. The minimum absolute atomic E-state index is 0.0309. The average molecular weight is 294 g/mol. The molecule has 1 aliphatic heterocycles. The first-order valence-electron chi connectivity index (χ1n) is 7.30. The molecule has 116 valence electrons. The SMILES string of the molecule is CC(C)C(=O)N1CCC[C@H](NC(=O)c2ccc(CO)o2)C1. The van der Waals surface area contributed by atoms with Crippen LogP contribution in [0.25, 0.3) is 0 Å². The highest BCUT2D eigenvalue weighted by atomic mass is 16.4. The lowest BCUT2D eigenvalue weighted by atomic mass is 10.0. The number of aliphatic hydroxyl groups is 1. The van der Waals surface area contributed by atoms with E-state index in [4.69, 9.17) is 9.52 Å². The number of amides is 2. The minimum Gasteiger partial charge on any atom is -0.453 e. The third-order valence-corrected chi connectivity index (χ3v) is 3.60. The summed E-state index contributed by atoms with van der Waals surface area (Å²) in [5.41, 5.74) is 0. The second-order valence-electron chi connectivity index (χ2n) is 5.68. The lowest BCUT2D eigenvalue weighted by Gasteiger charge is -2.34. The van der Waals surface area contributed by atoms with E-state index >= 15 is 0 Å². The average Bonchev–Trinajstić information content (AvgIpc) is 2.95. The summed E-state index contributed by atoms with van der Waals surface area (Å²) < 4.78 is 5.21. The molecule has 0 aromatic carbocycles. The third kappa shape index (κ3) is 3.85. The first-order chi connectivity index (χ1) is 10.0. The van der Waals surface area contributed by atoms with Gasteiger partial charge in [0.15, 0.2) is 5.76 Å². The number of furan rings is 1. The van der Waals surface area contributed by atoms with Gasteiger partial charge in [0, 0.05) is 25.0 Å². The molecule has 1 atom stereocenters. The molecule has 0 saturated carbocycles. The molecule has 0 spiro atoms. The Morgan fingerprint density at radius 2 is 2.24 bits per heavy atom. The third-order valence-electron chi connectivity index (χ3n) is 3.60. The van der Waals surface area contributed by atoms with Gasteiger partial charge in [0.25, 0.3) is 5.91 Å². The van der Waals surface area contributed by atoms with Gasteiger partial charge in [-0.15, -0.1) is 0 Å². The summed E-state index contributed by atoms with van der Waals surface area (Å²) in [5.74, 6) is 0.330. The van der Waals surface area contributed by atoms with E-state index in [2.05, 4.69) is 5.32 Å². The lowest BCUT2D eigenvalue weighted by molar-refractivity contribution is -0.135. The van der Waals surface area contributed by atoms with Crippen molar-refractivity contribution in [2.75, 3.05) is 13.1 Å². The van der Waals surface area contributed by atoms with Crippen LogP contribution in [-0.4, -0.2) is 41.0 Å². The molecule has 1 fully saturated rings. The molecule has 0 bridgehead atoms. The van der Waals surface area contributed by atoms with E-state index in [0.717, 1.165) is 19.4 Å². The number of aliphatic hydroxyl groups excluding tert-OH is 1. The molecule has 0 aliphatic carbocycles. The van der Waals surface area contributed by atoms with E-state index in [1.54, 1.807) is 17.0 Å². The number of hydrogen-bond donors (Lipinski definition) is 2. The molecule has 6 heteroatoms. The van der Waals surface area contributed by atoms with Crippen LogP contribution in [0.1, 0.15) is 43.0 Å². The summed E-state index contributed by atoms with van der Waals surface area (Å²) >= 11 is 0. The van der Waals surface area contributed by atoms with Crippen LogP contribution >= 0.6 is 0 Å². The molecule has 21 heavy (non-hydrogen) atoms. The minimum atomic E-state index is -0.307. The van der Waals surface area contributed by atoms with E-state index < -0.39 is 0 Å². The number of likely N-dealkylation sites (tertiary alicyclic amines) is 1. The molecule has 2 heterocycles. The van der Waals surface area contributed by atoms with Crippen LogP contribution in [0.3, 0.4) is 0 Å². The highest BCUT2D eigenvalue weighted by molar-refractivity contribution is 5.91. The molecular weight excluding hydrogens is 272 g/mol. The zero-order valence-corrected chi connectivity index (χ0v) is 12.5. The molecule has 2 rings (SSSR count). The van der Waals surface area contributed by atoms with Gasteiger partial charge < -0.3 is 19.7 Å². The van der Waals surface area contributed by atoms with Gasteiger partial charge in [-0.1, -0.05) is 13.8 Å². The standard InChI is InChI=1S/C15H22N2O4/c1-10(2)15(20)17-7-3-4-11(8-17)16-14(19)13-6-5-12(9-18)21-13/h5-6,10-11,18H,3-4,7-9H2,1-2H3,(H,16,19)/t11-/m0/s1. The Labute approximate surface area is 124 Å². The van der Waals surface area contributed by atoms with Gasteiger partial charge in [-0.25, -0.2) is 0 Å². The number of carbonyl (C=O) groups is 2. The van der Waals surface area contributed by atoms with Crippen LogP contribution < -0.4 is 5.32 Å². The largest absolute Gasteiger partial charge is 0.453 e. The number of carbonyl (C=O) groups excluding carboxylic acids is 2. The van der Waals surface area contributed by atoms with E-state index in [9.17, 15) is 9.59 Å². The first kappa shape index (κ1) is 15.6. The summed E-state index contributed by atoms with van der Waals surface area (Å²) in [4.78, 5) is 25.9. The number of piperidine rings is 1. The van der Waals surface area contributed by atoms with Crippen LogP contribution in [0.2, 0.25) is 0 Å². The molecule has 0 unspecified atom stereocenters. The monoisotopic (exact) mass is 294 g/mol. The van der Waals surface area contributed by atoms with Gasteiger partial charge in [0.05, 0.1) is 0 Å². The van der Waals surface area contributed by atoms with Crippen molar-refractivity contribution in [3.05, 3.63) is 23.7 Å². The van der Waals surface area contributed by atoms with E-state index in [0.29, 0.717) is 12.3 Å². The maximum absolute atomic E-state index is 12.1. The Morgan fingerprint density at radius 3 is 2.86 bits per heavy atom. The van der Waals surface area contributed by atoms with Gasteiger partial charge in [-0.2, -0.15) is 0 Å². The van der Waals surface area contributed by atoms with E-state index in [1.165, 1.54) is 0 Å². The number of rotatable bonds is 4. The second kappa shape index (κ2) is 6.76. The predicted octanol–water partition coefficient (Wildman–Crippen LogP) is 1.15. The predicted molar refractivity (Wildman–Crippen MR) is 76.5 cm³/mol. The number of hydrogen-bond acceptors (Lipinski definition) is 4. The zero-order valence-electron chi connectivity index (χ0n) is 12.5. The van der Waals surface area contributed by atoms with Gasteiger partial charge in [-0.05, 0) is 25.0 Å². The van der Waals surface area contributed by atoms with Crippen molar-refractivity contribution in [2.45, 2.75) is 39.3 Å². The van der Waals surface area contributed by atoms with Crippen molar-refractivity contribution in [1.29, 1.82) is 0 Å². The molecule has 1 aliphatic rings. The lowest BCUT2D eigenvalue weighted by Crippen LogP contribution is -2.50. The van der Waals surface area contributed by atoms with Crippen LogP contribution in [0, 0.1) is 5.92 Å². The Morgan fingerprint density at radius 1 is 1.48 bits per heavy atom. The fourth-order valence-corrected chi connectivity index (χ4v) is 2.50. The van der Waals surface area contributed by atoms with Crippen molar-refractivity contribution in [1.82, 2.24) is 10.2 Å². The maximum Gasteiger partial charge on any atom is 0.287 e. The Kier molecular flexibility index (Phi) is 5.01. The first-order valence-corrected chi connectivity index (χ1v) is 7.30. The van der Waals surface area contributed by atoms with Gasteiger partial charge in [0.2, 0.25) is 5.91 Å². The van der Waals surface area contributed by atoms with Crippen molar-refractivity contribution < 1.29 is 19.1 Å². The Hall–Kier alpha value is -1.82. The maximum atomic E-state index is 12.1. The summed E-state index contributed by atoms with van der Waals surface area (Å²) in [6.07, 6.45) is 1.73. The summed E-state index contributed by atoms with van der Waals surface area (Å²) in [6.45, 7) is 4.82. The molecule has 0 radical (unpaired) electrons. The fraction of sp³-hybridized carbons (Fsp3) is 0.600. The molecule has 6 nitrogen and oxygen atoms in total. The van der Waals surface area contributed by atoms with Crippen molar-refractivity contribution in [3.63, 3.8) is 0 Å². The smallest absolute Gasteiger partial charge is 0.287 e. The Balaban J connectivity index is 1.93. The quantitative estimate of drug-likeness (QED) is 0.872. The second-order valence-corrected chi connectivity index (χ2v) is 5.68. The topological polar surface area (TPSA) is 82.8 Å². The molecule has 2 N–H and O–H groups in total. The normalized spacial score (nSPS) is 18.9. The fourth-order valence-electron chi connectivity index (χ4n) is 2.50. The van der Waals surface area contributed by atoms with Crippen molar-refractivity contribution >= 4 is 11.8 Å². The molecular formula is C15H22N2O4. The van der Waals surface area contributed by atoms with Gasteiger partial charge in [-0.3, -0.25) is 9.59 Å². The van der Waals surface area contributed by atoms with Gasteiger partial charge in [0.1, 0.15) is 12.4 Å². The zero-order chi connectivity index (χ0) is 15.4.